The van der Waals surface area contributed by atoms with Gasteiger partial charge in [-0.3, -0.25) is 4.98 Å². The van der Waals surface area contributed by atoms with Crippen molar-refractivity contribution in [2.45, 2.75) is 19.4 Å². The Morgan fingerprint density at radius 2 is 2.16 bits per heavy atom. The fourth-order valence-electron chi connectivity index (χ4n) is 2.38. The van der Waals surface area contributed by atoms with Crippen molar-refractivity contribution in [1.82, 2.24) is 4.98 Å². The molecule has 1 aromatic carbocycles. The minimum atomic E-state index is 0.530. The molecule has 1 unspecified atom stereocenters. The van der Waals surface area contributed by atoms with Gasteiger partial charge in [0.1, 0.15) is 0 Å². The second-order valence-electron chi connectivity index (χ2n) is 4.70. The molecule has 1 atom stereocenters. The first-order valence-corrected chi connectivity index (χ1v) is 7.93. The molecule has 0 bridgehead atoms. The van der Waals surface area contributed by atoms with E-state index in [9.17, 15) is 0 Å². The number of thioether (sulfide) groups is 1. The molecule has 4 heteroatoms. The zero-order chi connectivity index (χ0) is 13.8. The number of hydrogen-bond acceptors (Lipinski definition) is 4. The Morgan fingerprint density at radius 1 is 1.37 bits per heavy atom. The first-order valence-electron chi connectivity index (χ1n) is 6.54. The lowest BCUT2D eigenvalue weighted by molar-refractivity contribution is 0.675. The van der Waals surface area contributed by atoms with Crippen molar-refractivity contribution in [2.75, 3.05) is 29.7 Å². The van der Waals surface area contributed by atoms with Crippen molar-refractivity contribution in [2.24, 2.45) is 0 Å². The third-order valence-corrected chi connectivity index (χ3v) is 4.26. The van der Waals surface area contributed by atoms with Crippen LogP contribution in [0.3, 0.4) is 0 Å². The fraction of sp³-hybridized carbons (Fsp3) is 0.400. The maximum atomic E-state index is 6.01. The van der Waals surface area contributed by atoms with Gasteiger partial charge in [0.25, 0.3) is 0 Å². The molecule has 0 radical (unpaired) electrons. The lowest BCUT2D eigenvalue weighted by Gasteiger charge is -2.29. The third-order valence-electron chi connectivity index (χ3n) is 3.54. The Kier molecular flexibility index (Phi) is 4.53. The number of nitrogens with zero attached hydrogens (tertiary/aromatic N) is 2. The van der Waals surface area contributed by atoms with E-state index in [-0.39, 0.29) is 0 Å². The fourth-order valence-corrected chi connectivity index (χ4v) is 3.23. The van der Waals surface area contributed by atoms with Gasteiger partial charge in [0.15, 0.2) is 0 Å². The summed E-state index contributed by atoms with van der Waals surface area (Å²) in [7, 11) is 2.16. The number of fused-ring (bicyclic) bond motifs is 1. The van der Waals surface area contributed by atoms with Gasteiger partial charge >= 0.3 is 0 Å². The van der Waals surface area contributed by atoms with Gasteiger partial charge in [0.05, 0.1) is 11.2 Å². The minimum Gasteiger partial charge on any atom is -0.397 e. The molecule has 0 spiro atoms. The molecule has 0 saturated carbocycles. The number of benzene rings is 1. The Bertz CT molecular complexity index is 556. The van der Waals surface area contributed by atoms with E-state index in [0.29, 0.717) is 6.04 Å². The number of rotatable bonds is 5. The molecule has 0 saturated heterocycles. The van der Waals surface area contributed by atoms with Gasteiger partial charge in [0.2, 0.25) is 0 Å². The highest BCUT2D eigenvalue weighted by atomic mass is 32.2. The maximum absolute atomic E-state index is 6.01. The van der Waals surface area contributed by atoms with Gasteiger partial charge in [0, 0.05) is 36.1 Å². The number of nitrogens with two attached hydrogens (primary N) is 1. The van der Waals surface area contributed by atoms with Crippen molar-refractivity contribution in [1.29, 1.82) is 0 Å². The molecule has 2 N–H and O–H groups in total. The topological polar surface area (TPSA) is 42.2 Å². The standard InChI is InChI=1S/C15H21N3S/c1-4-11(10-19-3)18(2)14-8-9-17-15-12(14)6-5-7-13(15)16/h5-9,11H,4,10,16H2,1-3H3. The average molecular weight is 275 g/mol. The molecule has 2 rings (SSSR count). The second-order valence-corrected chi connectivity index (χ2v) is 5.61. The van der Waals surface area contributed by atoms with Crippen LogP contribution in [0.15, 0.2) is 30.5 Å². The Morgan fingerprint density at radius 3 is 2.84 bits per heavy atom. The summed E-state index contributed by atoms with van der Waals surface area (Å²) in [6.45, 7) is 2.23. The van der Waals surface area contributed by atoms with Crippen LogP contribution in [0.25, 0.3) is 10.9 Å². The van der Waals surface area contributed by atoms with Crippen LogP contribution in [0.4, 0.5) is 11.4 Å². The smallest absolute Gasteiger partial charge is 0.0951 e. The Labute approximate surface area is 119 Å². The number of aromatic nitrogens is 1. The minimum absolute atomic E-state index is 0.530. The summed E-state index contributed by atoms with van der Waals surface area (Å²) in [5.74, 6) is 1.12. The van der Waals surface area contributed by atoms with E-state index < -0.39 is 0 Å². The second kappa shape index (κ2) is 6.15. The lowest BCUT2D eigenvalue weighted by atomic mass is 10.1. The van der Waals surface area contributed by atoms with E-state index in [2.05, 4.69) is 42.2 Å². The highest BCUT2D eigenvalue weighted by molar-refractivity contribution is 7.98. The van der Waals surface area contributed by atoms with E-state index in [1.807, 2.05) is 30.1 Å². The largest absolute Gasteiger partial charge is 0.397 e. The summed E-state index contributed by atoms with van der Waals surface area (Å²) < 4.78 is 0. The van der Waals surface area contributed by atoms with Gasteiger partial charge < -0.3 is 10.6 Å². The Balaban J connectivity index is 2.47. The third kappa shape index (κ3) is 2.78. The molecule has 0 aliphatic heterocycles. The quantitative estimate of drug-likeness (QED) is 0.849. The molecular formula is C15H21N3S. The van der Waals surface area contributed by atoms with E-state index in [1.54, 1.807) is 0 Å². The van der Waals surface area contributed by atoms with Crippen LogP contribution in [0.5, 0.6) is 0 Å². The molecule has 102 valence electrons. The van der Waals surface area contributed by atoms with Gasteiger partial charge in [-0.05, 0) is 24.8 Å². The summed E-state index contributed by atoms with van der Waals surface area (Å²) in [6, 6.07) is 8.59. The molecule has 1 aromatic heterocycles. The van der Waals surface area contributed by atoms with E-state index in [1.165, 1.54) is 5.69 Å². The molecule has 0 amide bonds. The van der Waals surface area contributed by atoms with Gasteiger partial charge in [-0.2, -0.15) is 11.8 Å². The van der Waals surface area contributed by atoms with Crippen LogP contribution in [-0.4, -0.2) is 30.1 Å². The van der Waals surface area contributed by atoms with E-state index in [0.717, 1.165) is 28.8 Å². The first kappa shape index (κ1) is 14.0. The Hall–Kier alpha value is -1.42. The predicted octanol–water partition coefficient (Wildman–Crippen LogP) is 3.39. The molecule has 0 fully saturated rings. The molecule has 2 aromatic rings. The summed E-state index contributed by atoms with van der Waals surface area (Å²) in [4.78, 5) is 6.75. The van der Waals surface area contributed by atoms with Gasteiger partial charge in [-0.1, -0.05) is 19.1 Å². The maximum Gasteiger partial charge on any atom is 0.0951 e. The monoisotopic (exact) mass is 275 g/mol. The van der Waals surface area contributed by atoms with Crippen molar-refractivity contribution in [3.8, 4) is 0 Å². The average Bonchev–Trinajstić information content (AvgIpc) is 2.44. The molecular weight excluding hydrogens is 254 g/mol. The van der Waals surface area contributed by atoms with Crippen molar-refractivity contribution >= 4 is 34.0 Å². The molecule has 19 heavy (non-hydrogen) atoms. The van der Waals surface area contributed by atoms with Crippen molar-refractivity contribution < 1.29 is 0 Å². The van der Waals surface area contributed by atoms with E-state index >= 15 is 0 Å². The van der Waals surface area contributed by atoms with Gasteiger partial charge in [-0.25, -0.2) is 0 Å². The molecule has 1 heterocycles. The molecule has 3 nitrogen and oxygen atoms in total. The van der Waals surface area contributed by atoms with Crippen LogP contribution in [-0.2, 0) is 0 Å². The highest BCUT2D eigenvalue weighted by Gasteiger charge is 2.15. The van der Waals surface area contributed by atoms with E-state index in [4.69, 9.17) is 5.73 Å². The zero-order valence-corrected chi connectivity index (χ0v) is 12.6. The number of para-hydroxylation sites is 1. The molecule has 0 aliphatic rings. The number of hydrogen-bond donors (Lipinski definition) is 1. The zero-order valence-electron chi connectivity index (χ0n) is 11.8. The summed E-state index contributed by atoms with van der Waals surface area (Å²) >= 11 is 1.88. The van der Waals surface area contributed by atoms with Crippen LogP contribution in [0, 0.1) is 0 Å². The molecule has 0 aliphatic carbocycles. The van der Waals surface area contributed by atoms with Crippen LogP contribution in [0.2, 0.25) is 0 Å². The van der Waals surface area contributed by atoms with Crippen molar-refractivity contribution in [3.05, 3.63) is 30.5 Å². The first-order chi connectivity index (χ1) is 9.19. The summed E-state index contributed by atoms with van der Waals surface area (Å²) in [6.07, 6.45) is 5.12. The van der Waals surface area contributed by atoms with Crippen LogP contribution in [0.1, 0.15) is 13.3 Å². The highest BCUT2D eigenvalue weighted by Crippen LogP contribution is 2.29. The summed E-state index contributed by atoms with van der Waals surface area (Å²) in [5.41, 5.74) is 8.85. The number of nitrogen functional groups attached to an aromatic ring is 1. The predicted molar refractivity (Wildman–Crippen MR) is 87.0 cm³/mol. The SMILES string of the molecule is CCC(CSC)N(C)c1ccnc2c(N)cccc12. The normalized spacial score (nSPS) is 12.6. The van der Waals surface area contributed by atoms with Crippen LogP contribution >= 0.6 is 11.8 Å². The number of pyridine rings is 1. The lowest BCUT2D eigenvalue weighted by Crippen LogP contribution is -2.33. The van der Waals surface area contributed by atoms with Crippen LogP contribution < -0.4 is 10.6 Å². The van der Waals surface area contributed by atoms with Crippen molar-refractivity contribution in [3.63, 3.8) is 0 Å². The number of anilines is 2. The summed E-state index contributed by atoms with van der Waals surface area (Å²) in [5, 5.41) is 1.13. The van der Waals surface area contributed by atoms with Gasteiger partial charge in [-0.15, -0.1) is 0 Å².